The van der Waals surface area contributed by atoms with E-state index in [4.69, 9.17) is 10.5 Å². The molecule has 4 atom stereocenters. The SMILES string of the molecule is C[C@@H]1[C@@H]([Si](C)(C)F)[C@H](CC(=O)N(CCO)Cc2ccccc2)O[C@@]12C(=O)N(Cc1ccccc1)c1ccc(NC(=O)c3ccc(N)cc3)cc12. The summed E-state index contributed by atoms with van der Waals surface area (Å²) in [6.07, 6.45) is -1.05. The van der Waals surface area contributed by atoms with Crippen molar-refractivity contribution in [3.8, 4) is 0 Å². The van der Waals surface area contributed by atoms with E-state index in [2.05, 4.69) is 5.32 Å². The zero-order valence-corrected chi connectivity index (χ0v) is 29.5. The third kappa shape index (κ3) is 6.81. The van der Waals surface area contributed by atoms with Crippen LogP contribution in [0.2, 0.25) is 18.6 Å². The molecule has 4 N–H and O–H groups in total. The van der Waals surface area contributed by atoms with Crippen LogP contribution in [0, 0.1) is 5.92 Å². The molecule has 11 heteroatoms. The Hall–Kier alpha value is -4.84. The van der Waals surface area contributed by atoms with Gasteiger partial charge < -0.3 is 34.8 Å². The Balaban J connectivity index is 1.38. The molecule has 2 aliphatic rings. The summed E-state index contributed by atoms with van der Waals surface area (Å²) < 4.78 is 23.3. The number of fused-ring (bicyclic) bond motifs is 2. The van der Waals surface area contributed by atoms with Crippen molar-refractivity contribution >= 4 is 43.2 Å². The van der Waals surface area contributed by atoms with Gasteiger partial charge in [-0.25, -0.2) is 0 Å². The lowest BCUT2D eigenvalue weighted by Gasteiger charge is -2.31. The van der Waals surface area contributed by atoms with Crippen LogP contribution < -0.4 is 16.0 Å². The lowest BCUT2D eigenvalue weighted by Crippen LogP contribution is -2.45. The molecule has 2 heterocycles. The maximum absolute atomic E-state index is 16.5. The fourth-order valence-electron chi connectivity index (χ4n) is 7.60. The van der Waals surface area contributed by atoms with Crippen molar-refractivity contribution in [2.45, 2.75) is 56.8 Å². The second-order valence-electron chi connectivity index (χ2n) is 13.7. The maximum Gasteiger partial charge on any atom is 0.264 e. The van der Waals surface area contributed by atoms with Crippen molar-refractivity contribution < 1.29 is 28.3 Å². The van der Waals surface area contributed by atoms with Crippen LogP contribution in [0.4, 0.5) is 21.2 Å². The Morgan fingerprint density at radius 3 is 2.24 bits per heavy atom. The Kier molecular flexibility index (Phi) is 9.93. The molecule has 4 aromatic rings. The summed E-state index contributed by atoms with van der Waals surface area (Å²) in [5.41, 5.74) is 7.82. The first kappa shape index (κ1) is 35.0. The molecule has 1 spiro atoms. The molecule has 1 saturated heterocycles. The fourth-order valence-corrected chi connectivity index (χ4v) is 10.1. The van der Waals surface area contributed by atoms with Gasteiger partial charge in [0, 0.05) is 47.1 Å². The van der Waals surface area contributed by atoms with Crippen LogP contribution in [0.25, 0.3) is 0 Å². The van der Waals surface area contributed by atoms with E-state index in [9.17, 15) is 19.5 Å². The highest BCUT2D eigenvalue weighted by molar-refractivity contribution is 6.72. The van der Waals surface area contributed by atoms with Gasteiger partial charge in [0.1, 0.15) is 0 Å². The molecule has 0 bridgehead atoms. The Bertz CT molecular complexity index is 1850. The molecular weight excluding hydrogens is 652 g/mol. The molecule has 9 nitrogen and oxygen atoms in total. The highest BCUT2D eigenvalue weighted by Crippen LogP contribution is 2.60. The number of halogens is 1. The van der Waals surface area contributed by atoms with E-state index < -0.39 is 31.6 Å². The number of amides is 3. The molecule has 0 aromatic heterocycles. The number of hydrogen-bond acceptors (Lipinski definition) is 6. The molecule has 0 aliphatic carbocycles. The third-order valence-corrected chi connectivity index (χ3v) is 12.3. The molecule has 0 unspecified atom stereocenters. The second kappa shape index (κ2) is 14.2. The first-order valence-electron chi connectivity index (χ1n) is 16.9. The zero-order chi connectivity index (χ0) is 35.6. The van der Waals surface area contributed by atoms with Crippen molar-refractivity contribution in [3.63, 3.8) is 0 Å². The predicted molar refractivity (Wildman–Crippen MR) is 194 cm³/mol. The monoisotopic (exact) mass is 694 g/mol. The van der Waals surface area contributed by atoms with Crippen LogP contribution in [0.1, 0.15) is 40.4 Å². The molecule has 260 valence electrons. The Morgan fingerprint density at radius 2 is 1.62 bits per heavy atom. The number of rotatable bonds is 11. The van der Waals surface area contributed by atoms with Gasteiger partial charge in [0.05, 0.1) is 31.4 Å². The smallest absolute Gasteiger partial charge is 0.264 e. The van der Waals surface area contributed by atoms with Crippen LogP contribution in [-0.4, -0.2) is 55.4 Å². The number of aliphatic hydroxyl groups excluding tert-OH is 1. The highest BCUT2D eigenvalue weighted by atomic mass is 28.4. The van der Waals surface area contributed by atoms with E-state index >= 15 is 4.11 Å². The number of nitrogen functional groups attached to an aromatic ring is 1. The summed E-state index contributed by atoms with van der Waals surface area (Å²) >= 11 is 0. The number of nitrogens with two attached hydrogens (primary N) is 1. The minimum Gasteiger partial charge on any atom is -0.399 e. The molecule has 0 saturated carbocycles. The minimum absolute atomic E-state index is 0.103. The summed E-state index contributed by atoms with van der Waals surface area (Å²) in [5.74, 6) is -1.62. The van der Waals surface area contributed by atoms with Crippen LogP contribution in [-0.2, 0) is 33.0 Å². The van der Waals surface area contributed by atoms with E-state index in [-0.39, 0.29) is 50.4 Å². The van der Waals surface area contributed by atoms with E-state index in [1.807, 2.05) is 67.6 Å². The fraction of sp³-hybridized carbons (Fsp3) is 0.308. The maximum atomic E-state index is 16.5. The summed E-state index contributed by atoms with van der Waals surface area (Å²) in [6, 6.07) is 30.8. The topological polar surface area (TPSA) is 125 Å². The third-order valence-electron chi connectivity index (χ3n) is 9.89. The van der Waals surface area contributed by atoms with Crippen LogP contribution in [0.5, 0.6) is 0 Å². The number of carbonyl (C=O) groups is 3. The lowest BCUT2D eigenvalue weighted by atomic mass is 9.82. The quantitative estimate of drug-likeness (QED) is 0.0969. The number of benzene rings is 4. The molecule has 4 aromatic carbocycles. The number of ether oxygens (including phenoxy) is 1. The molecule has 1 fully saturated rings. The van der Waals surface area contributed by atoms with Gasteiger partial charge >= 0.3 is 0 Å². The summed E-state index contributed by atoms with van der Waals surface area (Å²) in [5, 5.41) is 12.7. The van der Waals surface area contributed by atoms with E-state index in [1.54, 1.807) is 65.4 Å². The number of nitrogens with one attached hydrogen (secondary N) is 1. The first-order valence-corrected chi connectivity index (χ1v) is 19.8. The van der Waals surface area contributed by atoms with Crippen LogP contribution in [0.3, 0.4) is 0 Å². The van der Waals surface area contributed by atoms with Gasteiger partial charge in [-0.05, 0) is 66.7 Å². The Labute approximate surface area is 293 Å². The number of hydrogen-bond donors (Lipinski definition) is 3. The zero-order valence-electron chi connectivity index (χ0n) is 28.5. The first-order chi connectivity index (χ1) is 23.9. The van der Waals surface area contributed by atoms with Crippen molar-refractivity contribution in [1.82, 2.24) is 4.90 Å². The lowest BCUT2D eigenvalue weighted by molar-refractivity contribution is -0.150. The molecular formula is C39H43FN4O5Si. The molecule has 0 radical (unpaired) electrons. The van der Waals surface area contributed by atoms with Crippen molar-refractivity contribution in [2.24, 2.45) is 5.92 Å². The molecule has 3 amide bonds. The van der Waals surface area contributed by atoms with Crippen LogP contribution >= 0.6 is 0 Å². The van der Waals surface area contributed by atoms with Crippen molar-refractivity contribution in [3.05, 3.63) is 125 Å². The molecule has 50 heavy (non-hydrogen) atoms. The van der Waals surface area contributed by atoms with Gasteiger partial charge in [0.15, 0.2) is 5.60 Å². The number of anilines is 3. The van der Waals surface area contributed by atoms with E-state index in [0.29, 0.717) is 28.2 Å². The van der Waals surface area contributed by atoms with Gasteiger partial charge in [-0.15, -0.1) is 0 Å². The average molecular weight is 695 g/mol. The standard InChI is InChI=1S/C39H43FN4O5Si/c1-26-36(50(2,3)40)34(23-35(46)43(20-21-45)24-27-10-6-4-7-11-27)49-39(26)32-22-31(42-37(47)29-14-16-30(41)17-15-29)18-19-33(32)44(38(39)48)25-28-12-8-5-9-13-28/h4-19,22,26,34,36,45H,20-21,23-25,41H2,1-3H3,(H,42,47)/t26-,34+,36-,39+/m1/s1. The van der Waals surface area contributed by atoms with Gasteiger partial charge in [-0.3, -0.25) is 14.4 Å². The summed E-state index contributed by atoms with van der Waals surface area (Å²) in [7, 11) is -3.57. The van der Waals surface area contributed by atoms with Crippen molar-refractivity contribution in [1.29, 1.82) is 0 Å². The molecule has 2 aliphatic heterocycles. The van der Waals surface area contributed by atoms with Gasteiger partial charge in [-0.1, -0.05) is 67.6 Å². The average Bonchev–Trinajstić information content (AvgIpc) is 3.51. The number of aliphatic hydroxyl groups is 1. The number of nitrogens with zero attached hydrogens (tertiary/aromatic N) is 2. The minimum atomic E-state index is -3.57. The van der Waals surface area contributed by atoms with E-state index in [0.717, 1.165) is 11.1 Å². The highest BCUT2D eigenvalue weighted by Gasteiger charge is 2.67. The van der Waals surface area contributed by atoms with Gasteiger partial charge in [-0.2, -0.15) is 0 Å². The van der Waals surface area contributed by atoms with Crippen LogP contribution in [0.15, 0.2) is 103 Å². The largest absolute Gasteiger partial charge is 0.399 e. The van der Waals surface area contributed by atoms with E-state index in [1.165, 1.54) is 0 Å². The van der Waals surface area contributed by atoms with Crippen molar-refractivity contribution in [2.75, 3.05) is 29.1 Å². The predicted octanol–water partition coefficient (Wildman–Crippen LogP) is 6.25. The Morgan fingerprint density at radius 1 is 0.980 bits per heavy atom. The normalized spacial score (nSPS) is 21.3. The van der Waals surface area contributed by atoms with Gasteiger partial charge in [0.2, 0.25) is 14.3 Å². The summed E-state index contributed by atoms with van der Waals surface area (Å²) in [6.45, 7) is 5.43. The molecule has 6 rings (SSSR count). The van der Waals surface area contributed by atoms with Gasteiger partial charge in [0.25, 0.3) is 11.8 Å². The summed E-state index contributed by atoms with van der Waals surface area (Å²) in [4.78, 5) is 45.2. The number of carbonyl (C=O) groups excluding carboxylic acids is 3. The second-order valence-corrected chi connectivity index (χ2v) is 17.5.